The van der Waals surface area contributed by atoms with Crippen molar-refractivity contribution in [2.75, 3.05) is 20.2 Å². The summed E-state index contributed by atoms with van der Waals surface area (Å²) in [4.78, 5) is 14.5. The molecule has 0 fully saturated rings. The number of guanidine groups is 1. The van der Waals surface area contributed by atoms with Crippen molar-refractivity contribution in [3.05, 3.63) is 70.3 Å². The fourth-order valence-electron chi connectivity index (χ4n) is 2.17. The zero-order valence-corrected chi connectivity index (χ0v) is 14.1. The average molecular weight is 342 g/mol. The number of nitrogens with zero attached hydrogens (tertiary/aromatic N) is 2. The first-order valence-corrected chi connectivity index (χ1v) is 8.05. The molecule has 0 saturated heterocycles. The molecule has 0 aliphatic carbocycles. The molecule has 25 heavy (non-hydrogen) atoms. The van der Waals surface area contributed by atoms with Crippen LogP contribution in [0.4, 0.5) is 5.69 Å². The molecule has 0 unspecified atom stereocenters. The van der Waals surface area contributed by atoms with E-state index in [1.165, 1.54) is 6.07 Å². The van der Waals surface area contributed by atoms with Gasteiger partial charge >= 0.3 is 0 Å². The van der Waals surface area contributed by atoms with E-state index in [4.69, 9.17) is 4.74 Å². The van der Waals surface area contributed by atoms with Gasteiger partial charge in [-0.3, -0.25) is 15.1 Å². The van der Waals surface area contributed by atoms with Crippen LogP contribution in [0, 0.1) is 10.1 Å². The molecule has 0 amide bonds. The van der Waals surface area contributed by atoms with Crippen molar-refractivity contribution in [2.24, 2.45) is 4.99 Å². The standard InChI is InChI=1S/C18H22N4O3/c1-19-18(20-11-6-12-25-17-9-3-2-4-10-17)21-14-15-7-5-8-16(13-15)22(23)24/h2-5,7-10,13H,6,11-12,14H2,1H3,(H2,19,20,21). The van der Waals surface area contributed by atoms with Gasteiger partial charge in [-0.25, -0.2) is 0 Å². The second kappa shape index (κ2) is 9.92. The van der Waals surface area contributed by atoms with Gasteiger partial charge in [0.25, 0.3) is 5.69 Å². The zero-order valence-electron chi connectivity index (χ0n) is 14.1. The molecule has 0 atom stereocenters. The van der Waals surface area contributed by atoms with Gasteiger partial charge in [-0.2, -0.15) is 0 Å². The summed E-state index contributed by atoms with van der Waals surface area (Å²) >= 11 is 0. The minimum Gasteiger partial charge on any atom is -0.494 e. The van der Waals surface area contributed by atoms with Crippen molar-refractivity contribution in [2.45, 2.75) is 13.0 Å². The molecule has 7 heteroatoms. The number of nitrogens with one attached hydrogen (secondary N) is 2. The molecule has 0 saturated carbocycles. The number of hydrogen-bond acceptors (Lipinski definition) is 4. The van der Waals surface area contributed by atoms with Gasteiger partial charge in [0, 0.05) is 32.3 Å². The maximum atomic E-state index is 10.8. The molecule has 0 heterocycles. The lowest BCUT2D eigenvalue weighted by atomic mass is 10.2. The summed E-state index contributed by atoms with van der Waals surface area (Å²) in [7, 11) is 1.68. The van der Waals surface area contributed by atoms with Gasteiger partial charge in [-0.1, -0.05) is 30.3 Å². The number of aliphatic imine (C=N–C) groups is 1. The second-order valence-corrected chi connectivity index (χ2v) is 5.29. The lowest BCUT2D eigenvalue weighted by Crippen LogP contribution is -2.37. The Balaban J connectivity index is 1.68. The minimum absolute atomic E-state index is 0.0836. The molecule has 0 aromatic heterocycles. The van der Waals surface area contributed by atoms with Gasteiger partial charge in [0.2, 0.25) is 0 Å². The summed E-state index contributed by atoms with van der Waals surface area (Å²) in [6, 6.07) is 16.2. The van der Waals surface area contributed by atoms with Crippen LogP contribution < -0.4 is 15.4 Å². The zero-order chi connectivity index (χ0) is 17.9. The number of benzene rings is 2. The maximum Gasteiger partial charge on any atom is 0.269 e. The van der Waals surface area contributed by atoms with Gasteiger partial charge in [0.15, 0.2) is 5.96 Å². The maximum absolute atomic E-state index is 10.8. The monoisotopic (exact) mass is 342 g/mol. The highest BCUT2D eigenvalue weighted by atomic mass is 16.6. The quantitative estimate of drug-likeness (QED) is 0.253. The number of ether oxygens (including phenoxy) is 1. The van der Waals surface area contributed by atoms with Crippen LogP contribution in [0.15, 0.2) is 59.6 Å². The van der Waals surface area contributed by atoms with Crippen LogP contribution in [0.1, 0.15) is 12.0 Å². The van der Waals surface area contributed by atoms with Crippen molar-refractivity contribution >= 4 is 11.6 Å². The molecule has 2 N–H and O–H groups in total. The van der Waals surface area contributed by atoms with E-state index in [9.17, 15) is 10.1 Å². The van der Waals surface area contributed by atoms with E-state index in [2.05, 4.69) is 15.6 Å². The number of nitro groups is 1. The number of rotatable bonds is 8. The smallest absolute Gasteiger partial charge is 0.269 e. The van der Waals surface area contributed by atoms with Gasteiger partial charge in [0.1, 0.15) is 5.75 Å². The Morgan fingerprint density at radius 1 is 1.16 bits per heavy atom. The third-order valence-electron chi connectivity index (χ3n) is 3.43. The Kier molecular flexibility index (Phi) is 7.24. The Morgan fingerprint density at radius 3 is 2.68 bits per heavy atom. The van der Waals surface area contributed by atoms with Crippen molar-refractivity contribution in [1.29, 1.82) is 0 Å². The Bertz CT molecular complexity index is 704. The van der Waals surface area contributed by atoms with Crippen LogP contribution in [0.25, 0.3) is 0 Å². The third-order valence-corrected chi connectivity index (χ3v) is 3.43. The largest absolute Gasteiger partial charge is 0.494 e. The summed E-state index contributed by atoms with van der Waals surface area (Å²) in [5.74, 6) is 1.50. The molecule has 2 aromatic rings. The van der Waals surface area contributed by atoms with Crippen LogP contribution in [0.5, 0.6) is 5.75 Å². The Morgan fingerprint density at radius 2 is 1.96 bits per heavy atom. The molecular formula is C18H22N4O3. The molecular weight excluding hydrogens is 320 g/mol. The minimum atomic E-state index is -0.399. The van der Waals surface area contributed by atoms with Gasteiger partial charge in [-0.15, -0.1) is 0 Å². The van der Waals surface area contributed by atoms with E-state index in [-0.39, 0.29) is 5.69 Å². The fraction of sp³-hybridized carbons (Fsp3) is 0.278. The van der Waals surface area contributed by atoms with Crippen molar-refractivity contribution in [3.8, 4) is 5.75 Å². The van der Waals surface area contributed by atoms with E-state index >= 15 is 0 Å². The Labute approximate surface area is 146 Å². The highest BCUT2D eigenvalue weighted by molar-refractivity contribution is 5.79. The number of nitro benzene ring substituents is 1. The lowest BCUT2D eigenvalue weighted by molar-refractivity contribution is -0.384. The van der Waals surface area contributed by atoms with Crippen molar-refractivity contribution < 1.29 is 9.66 Å². The van der Waals surface area contributed by atoms with Crippen molar-refractivity contribution in [1.82, 2.24) is 10.6 Å². The molecule has 0 aliphatic rings. The molecule has 2 aromatic carbocycles. The lowest BCUT2D eigenvalue weighted by Gasteiger charge is -2.12. The van der Waals surface area contributed by atoms with Crippen molar-refractivity contribution in [3.63, 3.8) is 0 Å². The predicted octanol–water partition coefficient (Wildman–Crippen LogP) is 2.73. The van der Waals surface area contributed by atoms with E-state index in [0.29, 0.717) is 25.7 Å². The average Bonchev–Trinajstić information content (AvgIpc) is 2.65. The van der Waals surface area contributed by atoms with Crippen LogP contribution in [0.3, 0.4) is 0 Å². The van der Waals surface area contributed by atoms with Crippen LogP contribution in [0.2, 0.25) is 0 Å². The van der Waals surface area contributed by atoms with Crippen LogP contribution >= 0.6 is 0 Å². The second-order valence-electron chi connectivity index (χ2n) is 5.29. The highest BCUT2D eigenvalue weighted by Gasteiger charge is 2.06. The third kappa shape index (κ3) is 6.50. The Hall–Kier alpha value is -3.09. The van der Waals surface area contributed by atoms with Crippen LogP contribution in [-0.2, 0) is 6.54 Å². The first-order chi connectivity index (χ1) is 12.2. The normalized spacial score (nSPS) is 11.0. The molecule has 132 valence electrons. The summed E-state index contributed by atoms with van der Waals surface area (Å²) in [5.41, 5.74) is 0.907. The molecule has 0 radical (unpaired) electrons. The first kappa shape index (κ1) is 18.3. The summed E-state index contributed by atoms with van der Waals surface area (Å²) in [6.45, 7) is 1.78. The number of hydrogen-bond donors (Lipinski definition) is 2. The molecule has 7 nitrogen and oxygen atoms in total. The van der Waals surface area contributed by atoms with E-state index in [1.807, 2.05) is 36.4 Å². The summed E-state index contributed by atoms with van der Waals surface area (Å²) < 4.78 is 5.62. The van der Waals surface area contributed by atoms with E-state index in [1.54, 1.807) is 19.2 Å². The highest BCUT2D eigenvalue weighted by Crippen LogP contribution is 2.12. The van der Waals surface area contributed by atoms with E-state index in [0.717, 1.165) is 17.7 Å². The summed E-state index contributed by atoms with van der Waals surface area (Å²) in [5, 5.41) is 17.1. The first-order valence-electron chi connectivity index (χ1n) is 8.05. The predicted molar refractivity (Wildman–Crippen MR) is 97.9 cm³/mol. The van der Waals surface area contributed by atoms with Crippen LogP contribution in [-0.4, -0.2) is 31.1 Å². The summed E-state index contributed by atoms with van der Waals surface area (Å²) in [6.07, 6.45) is 0.826. The SMILES string of the molecule is CN=C(NCCCOc1ccccc1)NCc1cccc([N+](=O)[O-])c1. The fourth-order valence-corrected chi connectivity index (χ4v) is 2.17. The van der Waals surface area contributed by atoms with Gasteiger partial charge in [0.05, 0.1) is 11.5 Å². The number of non-ortho nitro benzene ring substituents is 1. The topological polar surface area (TPSA) is 88.8 Å². The molecule has 0 spiro atoms. The molecule has 2 rings (SSSR count). The van der Waals surface area contributed by atoms with Gasteiger partial charge in [-0.05, 0) is 24.1 Å². The molecule has 0 bridgehead atoms. The van der Waals surface area contributed by atoms with E-state index < -0.39 is 4.92 Å². The van der Waals surface area contributed by atoms with Gasteiger partial charge < -0.3 is 15.4 Å². The molecule has 0 aliphatic heterocycles. The number of para-hydroxylation sites is 1.